The molecule has 1 N–H and O–H groups in total. The predicted octanol–water partition coefficient (Wildman–Crippen LogP) is 2.69. The average molecular weight is 236 g/mol. The second kappa shape index (κ2) is 6.03. The molecule has 0 radical (unpaired) electrons. The van der Waals surface area contributed by atoms with Crippen molar-refractivity contribution in [2.45, 2.75) is 37.9 Å². The molecule has 1 fully saturated rings. The Kier molecular flexibility index (Phi) is 4.40. The molecule has 0 amide bonds. The van der Waals surface area contributed by atoms with Crippen LogP contribution in [0.3, 0.4) is 0 Å². The zero-order chi connectivity index (χ0) is 12.1. The van der Waals surface area contributed by atoms with E-state index in [0.29, 0.717) is 6.10 Å². The maximum atomic E-state index is 10.0. The van der Waals surface area contributed by atoms with Gasteiger partial charge in [-0.2, -0.15) is 0 Å². The monoisotopic (exact) mass is 236 g/mol. The predicted molar refractivity (Wildman–Crippen MR) is 66.2 cm³/mol. The maximum Gasteiger partial charge on any atom is 0.118 e. The van der Waals surface area contributed by atoms with Crippen molar-refractivity contribution < 1.29 is 14.6 Å². The second-order valence-electron chi connectivity index (χ2n) is 4.50. The molecule has 2 unspecified atom stereocenters. The zero-order valence-electron chi connectivity index (χ0n) is 10.3. The van der Waals surface area contributed by atoms with Gasteiger partial charge in [0, 0.05) is 6.61 Å². The summed E-state index contributed by atoms with van der Waals surface area (Å²) in [6.07, 6.45) is 3.94. The van der Waals surface area contributed by atoms with Crippen LogP contribution in [0, 0.1) is 0 Å². The van der Waals surface area contributed by atoms with Crippen molar-refractivity contribution in [1.29, 1.82) is 0 Å². The van der Waals surface area contributed by atoms with Crippen molar-refractivity contribution in [3.63, 3.8) is 0 Å². The quantitative estimate of drug-likeness (QED) is 0.854. The Morgan fingerprint density at radius 2 is 2.18 bits per heavy atom. The summed E-state index contributed by atoms with van der Waals surface area (Å²) in [5, 5.41) is 10.0. The van der Waals surface area contributed by atoms with Gasteiger partial charge >= 0.3 is 0 Å². The van der Waals surface area contributed by atoms with Crippen LogP contribution in [0.2, 0.25) is 0 Å². The molecule has 1 aromatic carbocycles. The first-order valence-corrected chi connectivity index (χ1v) is 6.23. The third-order valence-corrected chi connectivity index (χ3v) is 3.29. The molecule has 3 heteroatoms. The van der Waals surface area contributed by atoms with Gasteiger partial charge in [0.15, 0.2) is 0 Å². The fourth-order valence-electron chi connectivity index (χ4n) is 2.21. The highest BCUT2D eigenvalue weighted by atomic mass is 16.5. The normalized spacial score (nSPS) is 21.4. The van der Waals surface area contributed by atoms with Crippen LogP contribution in [0.5, 0.6) is 5.75 Å². The molecule has 94 valence electrons. The van der Waals surface area contributed by atoms with E-state index < -0.39 is 6.10 Å². The number of rotatable bonds is 5. The lowest BCUT2D eigenvalue weighted by Crippen LogP contribution is -2.07. The van der Waals surface area contributed by atoms with E-state index in [1.807, 2.05) is 24.3 Å². The third kappa shape index (κ3) is 3.45. The fourth-order valence-corrected chi connectivity index (χ4v) is 2.21. The standard InChI is InChI=1S/C14H20O3/c1-16-12-6-4-11(5-7-12)14(15)9-8-13-3-2-10-17-13/h4-7,13-15H,2-3,8-10H2,1H3. The molecular weight excluding hydrogens is 216 g/mol. The molecule has 0 bridgehead atoms. The number of aliphatic hydroxyl groups is 1. The summed E-state index contributed by atoms with van der Waals surface area (Å²) in [7, 11) is 1.64. The fraction of sp³-hybridized carbons (Fsp3) is 0.571. The summed E-state index contributed by atoms with van der Waals surface area (Å²) in [5.41, 5.74) is 0.948. The first kappa shape index (κ1) is 12.4. The van der Waals surface area contributed by atoms with Crippen molar-refractivity contribution in [3.8, 4) is 5.75 Å². The number of aliphatic hydroxyl groups excluding tert-OH is 1. The molecule has 1 aromatic rings. The van der Waals surface area contributed by atoms with E-state index >= 15 is 0 Å². The van der Waals surface area contributed by atoms with Gasteiger partial charge in [0.25, 0.3) is 0 Å². The summed E-state index contributed by atoms with van der Waals surface area (Å²) in [6, 6.07) is 7.59. The van der Waals surface area contributed by atoms with Crippen LogP contribution in [0.1, 0.15) is 37.4 Å². The molecule has 0 aliphatic carbocycles. The van der Waals surface area contributed by atoms with Crippen molar-refractivity contribution in [2.24, 2.45) is 0 Å². The van der Waals surface area contributed by atoms with Gasteiger partial charge in [-0.3, -0.25) is 0 Å². The van der Waals surface area contributed by atoms with Crippen molar-refractivity contribution in [3.05, 3.63) is 29.8 Å². The Balaban J connectivity index is 1.83. The molecule has 3 nitrogen and oxygen atoms in total. The van der Waals surface area contributed by atoms with E-state index in [4.69, 9.17) is 9.47 Å². The van der Waals surface area contributed by atoms with Crippen LogP contribution >= 0.6 is 0 Å². The number of hydrogen-bond acceptors (Lipinski definition) is 3. The first-order chi connectivity index (χ1) is 8.29. The van der Waals surface area contributed by atoms with Gasteiger partial charge in [0.05, 0.1) is 19.3 Å². The lowest BCUT2D eigenvalue weighted by Gasteiger charge is -2.14. The van der Waals surface area contributed by atoms with Crippen LogP contribution in [-0.4, -0.2) is 24.9 Å². The van der Waals surface area contributed by atoms with Crippen molar-refractivity contribution in [2.75, 3.05) is 13.7 Å². The minimum absolute atomic E-state index is 0.350. The summed E-state index contributed by atoms with van der Waals surface area (Å²) in [4.78, 5) is 0. The van der Waals surface area contributed by atoms with Crippen molar-refractivity contribution in [1.82, 2.24) is 0 Å². The SMILES string of the molecule is COc1ccc(C(O)CCC2CCCO2)cc1. The second-order valence-corrected chi connectivity index (χ2v) is 4.50. The highest BCUT2D eigenvalue weighted by Crippen LogP contribution is 2.25. The molecule has 0 aromatic heterocycles. The van der Waals surface area contributed by atoms with Gasteiger partial charge in [-0.1, -0.05) is 12.1 Å². The minimum atomic E-state index is -0.398. The molecule has 0 spiro atoms. The van der Waals surface area contributed by atoms with Gasteiger partial charge in [0.2, 0.25) is 0 Å². The summed E-state index contributed by atoms with van der Waals surface area (Å²) in [5.74, 6) is 0.820. The largest absolute Gasteiger partial charge is 0.497 e. The Morgan fingerprint density at radius 1 is 1.41 bits per heavy atom. The van der Waals surface area contributed by atoms with Gasteiger partial charge in [-0.15, -0.1) is 0 Å². The Morgan fingerprint density at radius 3 is 2.76 bits per heavy atom. The summed E-state index contributed by atoms with van der Waals surface area (Å²) in [6.45, 7) is 0.878. The Labute approximate surface area is 102 Å². The maximum absolute atomic E-state index is 10.0. The van der Waals surface area contributed by atoms with Gasteiger partial charge in [-0.25, -0.2) is 0 Å². The molecule has 17 heavy (non-hydrogen) atoms. The highest BCUT2D eigenvalue weighted by molar-refractivity contribution is 5.28. The van der Waals surface area contributed by atoms with Crippen LogP contribution in [0.15, 0.2) is 24.3 Å². The van der Waals surface area contributed by atoms with Crippen LogP contribution in [-0.2, 0) is 4.74 Å². The molecule has 1 aliphatic rings. The van der Waals surface area contributed by atoms with Crippen LogP contribution < -0.4 is 4.74 Å². The molecule has 1 aliphatic heterocycles. The molecule has 1 heterocycles. The molecule has 0 saturated carbocycles. The number of hydrogen-bond donors (Lipinski definition) is 1. The van der Waals surface area contributed by atoms with E-state index in [0.717, 1.165) is 43.6 Å². The Hall–Kier alpha value is -1.06. The zero-order valence-corrected chi connectivity index (χ0v) is 10.3. The highest BCUT2D eigenvalue weighted by Gasteiger charge is 2.17. The molecule has 2 atom stereocenters. The van der Waals surface area contributed by atoms with E-state index in [9.17, 15) is 5.11 Å². The third-order valence-electron chi connectivity index (χ3n) is 3.29. The van der Waals surface area contributed by atoms with Gasteiger partial charge in [0.1, 0.15) is 5.75 Å². The van der Waals surface area contributed by atoms with Crippen LogP contribution in [0.25, 0.3) is 0 Å². The van der Waals surface area contributed by atoms with E-state index in [2.05, 4.69) is 0 Å². The molecule has 2 rings (SSSR count). The van der Waals surface area contributed by atoms with E-state index in [-0.39, 0.29) is 0 Å². The van der Waals surface area contributed by atoms with Crippen LogP contribution in [0.4, 0.5) is 0 Å². The average Bonchev–Trinajstić information content (AvgIpc) is 2.89. The molecular formula is C14H20O3. The molecule has 1 saturated heterocycles. The Bertz CT molecular complexity index is 328. The summed E-state index contributed by atoms with van der Waals surface area (Å²) < 4.78 is 10.6. The smallest absolute Gasteiger partial charge is 0.118 e. The van der Waals surface area contributed by atoms with E-state index in [1.165, 1.54) is 0 Å². The number of ether oxygens (including phenoxy) is 2. The van der Waals surface area contributed by atoms with E-state index in [1.54, 1.807) is 7.11 Å². The lowest BCUT2D eigenvalue weighted by molar-refractivity contribution is 0.0812. The van der Waals surface area contributed by atoms with Crippen molar-refractivity contribution >= 4 is 0 Å². The van der Waals surface area contributed by atoms with Gasteiger partial charge in [-0.05, 0) is 43.4 Å². The minimum Gasteiger partial charge on any atom is -0.497 e. The summed E-state index contributed by atoms with van der Waals surface area (Å²) >= 11 is 0. The van der Waals surface area contributed by atoms with Gasteiger partial charge < -0.3 is 14.6 Å². The number of methoxy groups -OCH3 is 1. The number of benzene rings is 1. The first-order valence-electron chi connectivity index (χ1n) is 6.23. The lowest BCUT2D eigenvalue weighted by atomic mass is 10.0. The topological polar surface area (TPSA) is 38.7 Å².